The average molecular weight is 214 g/mol. The number of amidine groups is 1. The summed E-state index contributed by atoms with van der Waals surface area (Å²) in [6.45, 7) is 3.23. The summed E-state index contributed by atoms with van der Waals surface area (Å²) in [5.74, 6) is 0.116. The molecule has 6 heteroatoms. The Hall–Kier alpha value is -1.46. The summed E-state index contributed by atoms with van der Waals surface area (Å²) in [6, 6.07) is -0.317. The maximum atomic E-state index is 11.9. The number of hydrogen-bond donors (Lipinski definition) is 2. The van der Waals surface area contributed by atoms with Gasteiger partial charge in [0.1, 0.15) is 0 Å². The summed E-state index contributed by atoms with van der Waals surface area (Å²) in [4.78, 5) is 15.1. The predicted octanol–water partition coefficient (Wildman–Crippen LogP) is 0.269. The molecule has 1 aliphatic heterocycles. The van der Waals surface area contributed by atoms with Crippen molar-refractivity contribution in [2.24, 2.45) is 10.9 Å². The van der Waals surface area contributed by atoms with E-state index in [1.807, 2.05) is 6.92 Å². The maximum absolute atomic E-state index is 11.9. The maximum Gasteiger partial charge on any atom is 0.320 e. The van der Waals surface area contributed by atoms with Gasteiger partial charge in [0.25, 0.3) is 0 Å². The molecule has 1 saturated heterocycles. The number of amides is 2. The third-order valence-electron chi connectivity index (χ3n) is 2.76. The van der Waals surface area contributed by atoms with E-state index in [2.05, 4.69) is 5.16 Å². The fourth-order valence-electron chi connectivity index (χ4n) is 1.72. The van der Waals surface area contributed by atoms with E-state index in [1.165, 1.54) is 0 Å². The minimum absolute atomic E-state index is 0.0633. The minimum Gasteiger partial charge on any atom is -0.409 e. The van der Waals surface area contributed by atoms with Gasteiger partial charge in [-0.25, -0.2) is 4.79 Å². The van der Waals surface area contributed by atoms with Crippen LogP contribution in [-0.4, -0.2) is 53.1 Å². The number of carbonyl (C=O) groups excluding carboxylic acids is 1. The zero-order valence-electron chi connectivity index (χ0n) is 9.18. The average Bonchev–Trinajstić information content (AvgIpc) is 2.74. The molecule has 86 valence electrons. The van der Waals surface area contributed by atoms with E-state index in [0.29, 0.717) is 13.1 Å². The van der Waals surface area contributed by atoms with Crippen LogP contribution in [0, 0.1) is 0 Å². The first kappa shape index (κ1) is 11.6. The molecule has 1 rings (SSSR count). The summed E-state index contributed by atoms with van der Waals surface area (Å²) in [5, 5.41) is 11.6. The molecule has 1 fully saturated rings. The third-order valence-corrected chi connectivity index (χ3v) is 2.76. The van der Waals surface area contributed by atoms with Crippen molar-refractivity contribution in [2.45, 2.75) is 25.8 Å². The van der Waals surface area contributed by atoms with E-state index in [4.69, 9.17) is 10.9 Å². The lowest BCUT2D eigenvalue weighted by atomic mass is 10.2. The molecular formula is C9H18N4O2. The molecule has 0 aliphatic carbocycles. The number of nitrogens with two attached hydrogens (primary N) is 1. The Labute approximate surface area is 89.3 Å². The molecule has 1 heterocycles. The standard InChI is InChI=1S/C9H18N4O2/c1-3-12(2)9(14)13-6-4-5-7(13)8(10)11-15/h7,15H,3-6H2,1-2H3,(H2,10,11). The first-order valence-electron chi connectivity index (χ1n) is 5.11. The quantitative estimate of drug-likeness (QED) is 0.299. The molecule has 0 spiro atoms. The second-order valence-electron chi connectivity index (χ2n) is 3.67. The summed E-state index contributed by atoms with van der Waals surface area (Å²) < 4.78 is 0. The molecule has 0 radical (unpaired) electrons. The molecular weight excluding hydrogens is 196 g/mol. The van der Waals surface area contributed by atoms with Gasteiger partial charge in [0, 0.05) is 20.1 Å². The van der Waals surface area contributed by atoms with Gasteiger partial charge in [-0.2, -0.15) is 0 Å². The number of oxime groups is 1. The monoisotopic (exact) mass is 214 g/mol. The lowest BCUT2D eigenvalue weighted by Gasteiger charge is -2.28. The Morgan fingerprint density at radius 2 is 2.40 bits per heavy atom. The molecule has 3 N–H and O–H groups in total. The van der Waals surface area contributed by atoms with E-state index in [-0.39, 0.29) is 17.9 Å². The summed E-state index contributed by atoms with van der Waals surface area (Å²) in [6.07, 6.45) is 1.66. The molecule has 0 saturated carbocycles. The van der Waals surface area contributed by atoms with Gasteiger partial charge in [-0.15, -0.1) is 0 Å². The molecule has 0 aromatic carbocycles. The van der Waals surface area contributed by atoms with Crippen LogP contribution in [0.5, 0.6) is 0 Å². The van der Waals surface area contributed by atoms with Crippen LogP contribution >= 0.6 is 0 Å². The topological polar surface area (TPSA) is 82.2 Å². The molecule has 1 unspecified atom stereocenters. The van der Waals surface area contributed by atoms with Gasteiger partial charge >= 0.3 is 6.03 Å². The van der Waals surface area contributed by atoms with Crippen LogP contribution in [0.25, 0.3) is 0 Å². The van der Waals surface area contributed by atoms with Crippen LogP contribution in [0.4, 0.5) is 4.79 Å². The molecule has 6 nitrogen and oxygen atoms in total. The number of hydrogen-bond acceptors (Lipinski definition) is 3. The smallest absolute Gasteiger partial charge is 0.320 e. The Morgan fingerprint density at radius 3 is 2.93 bits per heavy atom. The van der Waals surface area contributed by atoms with Crippen molar-refractivity contribution in [3.05, 3.63) is 0 Å². The zero-order chi connectivity index (χ0) is 11.4. The fraction of sp³-hybridized carbons (Fsp3) is 0.778. The predicted molar refractivity (Wildman–Crippen MR) is 56.8 cm³/mol. The van der Waals surface area contributed by atoms with Crippen LogP contribution in [0.2, 0.25) is 0 Å². The highest BCUT2D eigenvalue weighted by molar-refractivity contribution is 5.89. The number of likely N-dealkylation sites (tertiary alicyclic amines) is 1. The Balaban J connectivity index is 2.72. The van der Waals surface area contributed by atoms with Crippen molar-refractivity contribution in [2.75, 3.05) is 20.1 Å². The van der Waals surface area contributed by atoms with Crippen LogP contribution < -0.4 is 5.73 Å². The van der Waals surface area contributed by atoms with Crippen molar-refractivity contribution in [3.63, 3.8) is 0 Å². The van der Waals surface area contributed by atoms with Gasteiger partial charge in [-0.3, -0.25) is 0 Å². The molecule has 2 amide bonds. The number of carbonyl (C=O) groups is 1. The van der Waals surface area contributed by atoms with Crippen LogP contribution in [-0.2, 0) is 0 Å². The molecule has 0 aromatic heterocycles. The number of nitrogens with zero attached hydrogens (tertiary/aromatic N) is 3. The van der Waals surface area contributed by atoms with Crippen molar-refractivity contribution in [1.82, 2.24) is 9.80 Å². The van der Waals surface area contributed by atoms with Gasteiger partial charge in [-0.1, -0.05) is 5.16 Å². The van der Waals surface area contributed by atoms with Crippen LogP contribution in [0.3, 0.4) is 0 Å². The Kier molecular flexibility index (Phi) is 3.76. The Bertz CT molecular complexity index is 267. The minimum atomic E-state index is -0.253. The largest absolute Gasteiger partial charge is 0.409 e. The van der Waals surface area contributed by atoms with Crippen molar-refractivity contribution in [1.29, 1.82) is 0 Å². The van der Waals surface area contributed by atoms with Gasteiger partial charge in [0.15, 0.2) is 5.84 Å². The number of urea groups is 1. The first-order chi connectivity index (χ1) is 7.11. The molecule has 1 aliphatic rings. The van der Waals surface area contributed by atoms with Crippen molar-refractivity contribution >= 4 is 11.9 Å². The van der Waals surface area contributed by atoms with E-state index in [1.54, 1.807) is 16.8 Å². The second kappa shape index (κ2) is 4.86. The highest BCUT2D eigenvalue weighted by atomic mass is 16.4. The summed E-state index contributed by atoms with van der Waals surface area (Å²) in [5.41, 5.74) is 5.54. The van der Waals surface area contributed by atoms with E-state index in [9.17, 15) is 4.79 Å². The molecule has 0 aromatic rings. The van der Waals surface area contributed by atoms with Crippen molar-refractivity contribution in [3.8, 4) is 0 Å². The summed E-state index contributed by atoms with van der Waals surface area (Å²) >= 11 is 0. The van der Waals surface area contributed by atoms with E-state index in [0.717, 1.165) is 12.8 Å². The highest BCUT2D eigenvalue weighted by Crippen LogP contribution is 2.18. The Morgan fingerprint density at radius 1 is 1.73 bits per heavy atom. The van der Waals surface area contributed by atoms with Crippen LogP contribution in [0.15, 0.2) is 5.16 Å². The van der Waals surface area contributed by atoms with Gasteiger partial charge < -0.3 is 20.7 Å². The normalized spacial score (nSPS) is 21.9. The first-order valence-corrected chi connectivity index (χ1v) is 5.11. The van der Waals surface area contributed by atoms with E-state index >= 15 is 0 Å². The molecule has 1 atom stereocenters. The zero-order valence-corrected chi connectivity index (χ0v) is 9.18. The van der Waals surface area contributed by atoms with Gasteiger partial charge in [-0.05, 0) is 19.8 Å². The molecule has 0 bridgehead atoms. The van der Waals surface area contributed by atoms with Crippen LogP contribution in [0.1, 0.15) is 19.8 Å². The van der Waals surface area contributed by atoms with Gasteiger partial charge in [0.2, 0.25) is 0 Å². The second-order valence-corrected chi connectivity index (χ2v) is 3.67. The lowest BCUT2D eigenvalue weighted by molar-refractivity contribution is 0.168. The van der Waals surface area contributed by atoms with E-state index < -0.39 is 0 Å². The van der Waals surface area contributed by atoms with Crippen molar-refractivity contribution < 1.29 is 10.0 Å². The summed E-state index contributed by atoms with van der Waals surface area (Å²) in [7, 11) is 1.74. The highest BCUT2D eigenvalue weighted by Gasteiger charge is 2.32. The lowest BCUT2D eigenvalue weighted by Crippen LogP contribution is -2.48. The SMILES string of the molecule is CCN(C)C(=O)N1CCCC1C(N)=NO. The number of rotatable bonds is 2. The third kappa shape index (κ3) is 2.31. The molecule has 15 heavy (non-hydrogen) atoms. The van der Waals surface area contributed by atoms with Gasteiger partial charge in [0.05, 0.1) is 6.04 Å². The fourth-order valence-corrected chi connectivity index (χ4v) is 1.72.